The molecule has 27 heavy (non-hydrogen) atoms. The predicted octanol–water partition coefficient (Wildman–Crippen LogP) is 5.74. The maximum Gasteiger partial charge on any atom is 0.212 e. The Morgan fingerprint density at radius 3 is 1.89 bits per heavy atom. The highest BCUT2D eigenvalue weighted by Gasteiger charge is 2.15. The van der Waals surface area contributed by atoms with Crippen LogP contribution in [0.2, 0.25) is 0 Å². The number of nitrogens with zero attached hydrogens (tertiary/aromatic N) is 2. The van der Waals surface area contributed by atoms with E-state index >= 15 is 0 Å². The fourth-order valence-corrected chi connectivity index (χ4v) is 3.24. The number of rotatable bonds is 17. The number of likely N-dealkylation sites (N-methyl/N-ethyl adjacent to an activating group) is 1. The Morgan fingerprint density at radius 2 is 1.37 bits per heavy atom. The minimum absolute atomic E-state index is 0.194. The van der Waals surface area contributed by atoms with Gasteiger partial charge in [0.15, 0.2) is 5.76 Å². The molecular weight excluding hydrogens is 338 g/mol. The Hall–Kier alpha value is -1.23. The van der Waals surface area contributed by atoms with E-state index in [2.05, 4.69) is 38.5 Å². The molecule has 5 heteroatoms. The van der Waals surface area contributed by atoms with Gasteiger partial charge in [0.25, 0.3) is 0 Å². The standard InChI is InChI=1S/C22H43N3O2/c1-5-6-7-8-9-10-11-12-13-14-15-16-17-20-21(26)22(24-27-20)23-18-19-25(2,3)4/h5-19H2,1-4H3,(H-,23,24,26)/p+1. The zero-order chi connectivity index (χ0) is 20.0. The molecule has 0 saturated carbocycles. The van der Waals surface area contributed by atoms with Gasteiger partial charge in [-0.3, -0.25) is 0 Å². The van der Waals surface area contributed by atoms with Crippen LogP contribution in [0.1, 0.15) is 89.7 Å². The van der Waals surface area contributed by atoms with E-state index in [9.17, 15) is 5.11 Å². The van der Waals surface area contributed by atoms with Crippen LogP contribution in [0.25, 0.3) is 0 Å². The summed E-state index contributed by atoms with van der Waals surface area (Å²) in [7, 11) is 6.43. The smallest absolute Gasteiger partial charge is 0.212 e. The Bertz CT molecular complexity index is 480. The number of aromatic hydroxyl groups is 1. The van der Waals surface area contributed by atoms with Crippen molar-refractivity contribution < 1.29 is 14.1 Å². The van der Waals surface area contributed by atoms with Gasteiger partial charge in [0.1, 0.15) is 0 Å². The molecule has 1 aromatic rings. The van der Waals surface area contributed by atoms with Crippen molar-refractivity contribution in [1.29, 1.82) is 0 Å². The lowest BCUT2D eigenvalue weighted by molar-refractivity contribution is -0.868. The third-order valence-corrected chi connectivity index (χ3v) is 5.07. The molecule has 0 amide bonds. The van der Waals surface area contributed by atoms with Crippen molar-refractivity contribution in [3.8, 4) is 5.75 Å². The molecule has 0 spiro atoms. The van der Waals surface area contributed by atoms with E-state index in [0.717, 1.165) is 30.4 Å². The molecule has 1 heterocycles. The van der Waals surface area contributed by atoms with Crippen molar-refractivity contribution in [2.75, 3.05) is 39.5 Å². The van der Waals surface area contributed by atoms with E-state index in [1.807, 2.05) is 0 Å². The maximum atomic E-state index is 10.2. The zero-order valence-corrected chi connectivity index (χ0v) is 18.4. The number of hydrogen-bond donors (Lipinski definition) is 2. The molecule has 0 saturated heterocycles. The van der Waals surface area contributed by atoms with Crippen molar-refractivity contribution in [1.82, 2.24) is 5.16 Å². The molecule has 0 bridgehead atoms. The van der Waals surface area contributed by atoms with Gasteiger partial charge in [-0.05, 0) is 6.42 Å². The summed E-state index contributed by atoms with van der Waals surface area (Å²) in [5, 5.41) is 17.3. The van der Waals surface area contributed by atoms with Crippen LogP contribution in [-0.4, -0.2) is 49.0 Å². The number of anilines is 1. The normalized spacial score (nSPS) is 11.9. The Morgan fingerprint density at radius 1 is 0.852 bits per heavy atom. The molecule has 1 aromatic heterocycles. The highest BCUT2D eigenvalue weighted by molar-refractivity contribution is 5.50. The second-order valence-corrected chi connectivity index (χ2v) is 8.88. The summed E-state index contributed by atoms with van der Waals surface area (Å²) in [5.41, 5.74) is 0. The average molecular weight is 383 g/mol. The number of quaternary nitrogens is 1. The highest BCUT2D eigenvalue weighted by Crippen LogP contribution is 2.28. The van der Waals surface area contributed by atoms with Crippen LogP contribution in [0.5, 0.6) is 5.75 Å². The lowest BCUT2D eigenvalue weighted by Crippen LogP contribution is -2.38. The lowest BCUT2D eigenvalue weighted by Gasteiger charge is -2.23. The van der Waals surface area contributed by atoms with Crippen LogP contribution < -0.4 is 5.32 Å². The molecule has 0 aromatic carbocycles. The van der Waals surface area contributed by atoms with Crippen LogP contribution in [0.15, 0.2) is 4.52 Å². The highest BCUT2D eigenvalue weighted by atomic mass is 16.5. The molecule has 158 valence electrons. The van der Waals surface area contributed by atoms with Gasteiger partial charge in [-0.2, -0.15) is 0 Å². The van der Waals surface area contributed by atoms with Gasteiger partial charge in [0, 0.05) is 6.42 Å². The number of hydrogen-bond acceptors (Lipinski definition) is 4. The summed E-state index contributed by atoms with van der Waals surface area (Å²) in [6.45, 7) is 4.00. The SMILES string of the molecule is CCCCCCCCCCCCCCc1onc(NCC[N+](C)(C)C)c1O. The monoisotopic (exact) mass is 382 g/mol. The first kappa shape index (κ1) is 23.8. The summed E-state index contributed by atoms with van der Waals surface area (Å²) in [6.07, 6.45) is 16.8. The average Bonchev–Trinajstić information content (AvgIpc) is 2.95. The summed E-state index contributed by atoms with van der Waals surface area (Å²) in [6, 6.07) is 0. The molecule has 0 radical (unpaired) electrons. The van der Waals surface area contributed by atoms with Gasteiger partial charge in [-0.1, -0.05) is 82.7 Å². The molecule has 2 N–H and O–H groups in total. The lowest BCUT2D eigenvalue weighted by atomic mass is 10.0. The van der Waals surface area contributed by atoms with Crippen molar-refractivity contribution >= 4 is 5.82 Å². The second kappa shape index (κ2) is 13.9. The Labute approximate surface area is 167 Å². The van der Waals surface area contributed by atoms with E-state index in [0.29, 0.717) is 11.6 Å². The van der Waals surface area contributed by atoms with E-state index < -0.39 is 0 Å². The van der Waals surface area contributed by atoms with Gasteiger partial charge >= 0.3 is 0 Å². The van der Waals surface area contributed by atoms with Crippen molar-refractivity contribution in [3.63, 3.8) is 0 Å². The number of aromatic nitrogens is 1. The molecule has 0 atom stereocenters. The first-order valence-electron chi connectivity index (χ1n) is 11.2. The summed E-state index contributed by atoms with van der Waals surface area (Å²) < 4.78 is 6.18. The number of nitrogens with one attached hydrogen (secondary N) is 1. The molecule has 0 unspecified atom stereocenters. The van der Waals surface area contributed by atoms with Gasteiger partial charge in [-0.25, -0.2) is 0 Å². The Balaban J connectivity index is 2.02. The largest absolute Gasteiger partial charge is 0.502 e. The van der Waals surface area contributed by atoms with E-state index in [4.69, 9.17) is 4.52 Å². The molecule has 0 aliphatic carbocycles. The third kappa shape index (κ3) is 12.0. The van der Waals surface area contributed by atoms with Gasteiger partial charge < -0.3 is 19.4 Å². The third-order valence-electron chi connectivity index (χ3n) is 5.07. The van der Waals surface area contributed by atoms with Crippen LogP contribution in [0.4, 0.5) is 5.82 Å². The van der Waals surface area contributed by atoms with Crippen molar-refractivity contribution in [2.24, 2.45) is 0 Å². The topological polar surface area (TPSA) is 58.3 Å². The molecule has 0 aliphatic rings. The first-order valence-corrected chi connectivity index (χ1v) is 11.2. The molecule has 0 fully saturated rings. The quantitative estimate of drug-likeness (QED) is 0.266. The molecule has 5 nitrogen and oxygen atoms in total. The van der Waals surface area contributed by atoms with Crippen LogP contribution in [0, 0.1) is 0 Å². The number of aryl methyl sites for hydroxylation is 1. The maximum absolute atomic E-state index is 10.2. The minimum Gasteiger partial charge on any atom is -0.502 e. The van der Waals surface area contributed by atoms with Gasteiger partial charge in [0.2, 0.25) is 11.6 Å². The van der Waals surface area contributed by atoms with Crippen LogP contribution >= 0.6 is 0 Å². The summed E-state index contributed by atoms with van der Waals surface area (Å²) in [4.78, 5) is 0. The number of unbranched alkanes of at least 4 members (excludes halogenated alkanes) is 11. The van der Waals surface area contributed by atoms with Crippen LogP contribution in [-0.2, 0) is 6.42 Å². The van der Waals surface area contributed by atoms with Crippen molar-refractivity contribution in [3.05, 3.63) is 5.76 Å². The van der Waals surface area contributed by atoms with Crippen LogP contribution in [0.3, 0.4) is 0 Å². The fourth-order valence-electron chi connectivity index (χ4n) is 3.24. The minimum atomic E-state index is 0.194. The van der Waals surface area contributed by atoms with Gasteiger partial charge in [0.05, 0.1) is 34.2 Å². The predicted molar refractivity (Wildman–Crippen MR) is 114 cm³/mol. The summed E-state index contributed by atoms with van der Waals surface area (Å²) >= 11 is 0. The Kier molecular flexibility index (Phi) is 12.2. The molecular formula is C22H44N3O2+. The van der Waals surface area contributed by atoms with E-state index in [1.54, 1.807) is 0 Å². The van der Waals surface area contributed by atoms with E-state index in [1.165, 1.54) is 70.6 Å². The van der Waals surface area contributed by atoms with Crippen molar-refractivity contribution in [2.45, 2.75) is 90.4 Å². The van der Waals surface area contributed by atoms with E-state index in [-0.39, 0.29) is 5.75 Å². The van der Waals surface area contributed by atoms with Gasteiger partial charge in [-0.15, -0.1) is 0 Å². The molecule has 1 rings (SSSR count). The second-order valence-electron chi connectivity index (χ2n) is 8.88. The first-order chi connectivity index (χ1) is 12.9. The molecule has 0 aliphatic heterocycles. The zero-order valence-electron chi connectivity index (χ0n) is 18.4. The summed E-state index contributed by atoms with van der Waals surface area (Å²) in [5.74, 6) is 1.30. The fraction of sp³-hybridized carbons (Fsp3) is 0.864.